The monoisotopic (exact) mass is 205 g/mol. The van der Waals surface area contributed by atoms with Gasteiger partial charge in [0.25, 0.3) is 0 Å². The Hall–Kier alpha value is -1.55. The van der Waals surface area contributed by atoms with Gasteiger partial charge in [-0.3, -0.25) is 0 Å². The van der Waals surface area contributed by atoms with Crippen LogP contribution in [-0.4, -0.2) is 24.9 Å². The minimum Gasteiger partial charge on any atom is -0.435 e. The summed E-state index contributed by atoms with van der Waals surface area (Å²) in [4.78, 5) is 11.2. The molecule has 0 aromatic heterocycles. The Bertz CT molecular complexity index is 386. The van der Waals surface area contributed by atoms with Crippen molar-refractivity contribution in [3.05, 3.63) is 35.9 Å². The number of amides is 1. The van der Waals surface area contributed by atoms with Crippen LogP contribution in [0.1, 0.15) is 11.6 Å². The fourth-order valence-electron chi connectivity index (χ4n) is 2.08. The highest BCUT2D eigenvalue weighted by atomic mass is 16.6. The molecule has 1 N–H and O–H groups in total. The van der Waals surface area contributed by atoms with E-state index in [1.807, 2.05) is 30.3 Å². The van der Waals surface area contributed by atoms with Gasteiger partial charge in [0, 0.05) is 0 Å². The SMILES string of the molecule is O=C1N[C@@H](c2ccccc2)C2(COC2)O1. The zero-order valence-corrected chi connectivity index (χ0v) is 8.10. The second-order valence-electron chi connectivity index (χ2n) is 3.94. The molecule has 1 aromatic rings. The van der Waals surface area contributed by atoms with Crippen molar-refractivity contribution in [2.24, 2.45) is 0 Å². The van der Waals surface area contributed by atoms with Crippen molar-refractivity contribution >= 4 is 6.09 Å². The second-order valence-corrected chi connectivity index (χ2v) is 3.94. The average molecular weight is 205 g/mol. The number of hydrogen-bond acceptors (Lipinski definition) is 3. The Morgan fingerprint density at radius 2 is 2.00 bits per heavy atom. The van der Waals surface area contributed by atoms with E-state index in [2.05, 4.69) is 5.32 Å². The molecule has 1 amide bonds. The molecule has 78 valence electrons. The van der Waals surface area contributed by atoms with Gasteiger partial charge in [-0.05, 0) is 5.56 Å². The molecule has 0 radical (unpaired) electrons. The molecule has 0 bridgehead atoms. The fourth-order valence-corrected chi connectivity index (χ4v) is 2.08. The van der Waals surface area contributed by atoms with Gasteiger partial charge in [0.15, 0.2) is 5.60 Å². The molecule has 4 heteroatoms. The van der Waals surface area contributed by atoms with Crippen LogP contribution < -0.4 is 5.32 Å². The number of carbonyl (C=O) groups excluding carboxylic acids is 1. The Labute approximate surface area is 87.2 Å². The molecule has 2 aliphatic rings. The summed E-state index contributed by atoms with van der Waals surface area (Å²) in [7, 11) is 0. The maximum Gasteiger partial charge on any atom is 0.408 e. The molecule has 1 atom stereocenters. The van der Waals surface area contributed by atoms with Gasteiger partial charge in [0.1, 0.15) is 6.04 Å². The van der Waals surface area contributed by atoms with Crippen LogP contribution in [0, 0.1) is 0 Å². The Balaban J connectivity index is 1.95. The summed E-state index contributed by atoms with van der Waals surface area (Å²) in [5.41, 5.74) is 0.588. The zero-order chi connectivity index (χ0) is 10.3. The third-order valence-electron chi connectivity index (χ3n) is 2.91. The molecule has 2 fully saturated rings. The summed E-state index contributed by atoms with van der Waals surface area (Å²) in [6.07, 6.45) is -0.354. The highest BCUT2D eigenvalue weighted by Gasteiger charge is 2.55. The van der Waals surface area contributed by atoms with Crippen LogP contribution in [0.4, 0.5) is 4.79 Å². The van der Waals surface area contributed by atoms with Gasteiger partial charge in [0.05, 0.1) is 13.2 Å². The van der Waals surface area contributed by atoms with E-state index in [0.717, 1.165) is 5.56 Å². The Kier molecular flexibility index (Phi) is 1.73. The molecular weight excluding hydrogens is 194 g/mol. The number of benzene rings is 1. The third kappa shape index (κ3) is 1.22. The van der Waals surface area contributed by atoms with E-state index >= 15 is 0 Å². The van der Waals surface area contributed by atoms with E-state index in [9.17, 15) is 4.79 Å². The molecule has 1 aromatic carbocycles. The summed E-state index contributed by atoms with van der Waals surface area (Å²) in [5, 5.41) is 2.82. The summed E-state index contributed by atoms with van der Waals surface area (Å²) in [6.45, 7) is 0.955. The van der Waals surface area contributed by atoms with Gasteiger partial charge in [0.2, 0.25) is 0 Å². The van der Waals surface area contributed by atoms with Crippen molar-refractivity contribution in [1.29, 1.82) is 0 Å². The normalized spacial score (nSPS) is 26.9. The lowest BCUT2D eigenvalue weighted by Crippen LogP contribution is -2.54. The lowest BCUT2D eigenvalue weighted by Gasteiger charge is -2.39. The largest absolute Gasteiger partial charge is 0.435 e. The topological polar surface area (TPSA) is 47.6 Å². The molecule has 2 aliphatic heterocycles. The molecule has 1 spiro atoms. The van der Waals surface area contributed by atoms with Gasteiger partial charge in [-0.2, -0.15) is 0 Å². The van der Waals surface area contributed by atoms with E-state index in [1.165, 1.54) is 0 Å². The van der Waals surface area contributed by atoms with Crippen LogP contribution in [0.15, 0.2) is 30.3 Å². The van der Waals surface area contributed by atoms with E-state index < -0.39 is 5.60 Å². The van der Waals surface area contributed by atoms with Crippen LogP contribution in [-0.2, 0) is 9.47 Å². The second kappa shape index (κ2) is 2.97. The highest BCUT2D eigenvalue weighted by molar-refractivity contribution is 5.72. The molecule has 4 nitrogen and oxygen atoms in total. The van der Waals surface area contributed by atoms with Crippen LogP contribution in [0.5, 0.6) is 0 Å². The first-order valence-electron chi connectivity index (χ1n) is 4.92. The Morgan fingerprint density at radius 3 is 2.60 bits per heavy atom. The van der Waals surface area contributed by atoms with Gasteiger partial charge in [-0.25, -0.2) is 4.79 Å². The third-order valence-corrected chi connectivity index (χ3v) is 2.91. The van der Waals surface area contributed by atoms with Gasteiger partial charge < -0.3 is 14.8 Å². The molecule has 3 rings (SSSR count). The van der Waals surface area contributed by atoms with Gasteiger partial charge in [-0.1, -0.05) is 30.3 Å². The summed E-state index contributed by atoms with van der Waals surface area (Å²) in [6, 6.07) is 9.74. The van der Waals surface area contributed by atoms with Gasteiger partial charge in [-0.15, -0.1) is 0 Å². The minimum atomic E-state index is -0.474. The van der Waals surface area contributed by atoms with Crippen molar-refractivity contribution < 1.29 is 14.3 Å². The van der Waals surface area contributed by atoms with Crippen LogP contribution in [0.2, 0.25) is 0 Å². The fraction of sp³-hybridized carbons (Fsp3) is 0.364. The quantitative estimate of drug-likeness (QED) is 0.750. The standard InChI is InChI=1S/C11H11NO3/c13-10-12-9(8-4-2-1-3-5-8)11(15-10)6-14-7-11/h1-5,9H,6-7H2,(H,12,13)/t9-/m0/s1. The van der Waals surface area contributed by atoms with Crippen LogP contribution in [0.3, 0.4) is 0 Å². The average Bonchev–Trinajstić information content (AvgIpc) is 2.57. The molecule has 0 unspecified atom stereocenters. The smallest absolute Gasteiger partial charge is 0.408 e. The van der Waals surface area contributed by atoms with E-state index in [1.54, 1.807) is 0 Å². The number of rotatable bonds is 1. The molecule has 2 saturated heterocycles. The molecule has 0 aliphatic carbocycles. The first-order chi connectivity index (χ1) is 7.30. The van der Waals surface area contributed by atoms with Crippen molar-refractivity contribution in [3.63, 3.8) is 0 Å². The molecule has 15 heavy (non-hydrogen) atoms. The first kappa shape index (κ1) is 8.73. The summed E-state index contributed by atoms with van der Waals surface area (Å²) >= 11 is 0. The van der Waals surface area contributed by atoms with Crippen molar-refractivity contribution in [2.45, 2.75) is 11.6 Å². The number of hydrogen-bond donors (Lipinski definition) is 1. The van der Waals surface area contributed by atoms with E-state index in [-0.39, 0.29) is 12.1 Å². The number of alkyl carbamates (subject to hydrolysis) is 1. The van der Waals surface area contributed by atoms with Crippen LogP contribution in [0.25, 0.3) is 0 Å². The van der Waals surface area contributed by atoms with E-state index in [0.29, 0.717) is 13.2 Å². The predicted molar refractivity (Wildman–Crippen MR) is 52.3 cm³/mol. The maximum absolute atomic E-state index is 11.2. The Morgan fingerprint density at radius 1 is 1.27 bits per heavy atom. The number of ether oxygens (including phenoxy) is 2. The van der Waals surface area contributed by atoms with Crippen molar-refractivity contribution in [1.82, 2.24) is 5.32 Å². The highest BCUT2D eigenvalue weighted by Crippen LogP contribution is 2.39. The molecular formula is C11H11NO3. The number of carbonyl (C=O) groups is 1. The lowest BCUT2D eigenvalue weighted by atomic mass is 9.88. The summed E-state index contributed by atoms with van der Waals surface area (Å²) in [5.74, 6) is 0. The molecule has 2 heterocycles. The molecule has 0 saturated carbocycles. The maximum atomic E-state index is 11.2. The zero-order valence-electron chi connectivity index (χ0n) is 8.10. The van der Waals surface area contributed by atoms with Crippen LogP contribution >= 0.6 is 0 Å². The lowest BCUT2D eigenvalue weighted by molar-refractivity contribution is -0.171. The van der Waals surface area contributed by atoms with E-state index in [4.69, 9.17) is 9.47 Å². The van der Waals surface area contributed by atoms with Crippen molar-refractivity contribution in [2.75, 3.05) is 13.2 Å². The number of nitrogens with one attached hydrogen (secondary N) is 1. The van der Waals surface area contributed by atoms with Crippen molar-refractivity contribution in [3.8, 4) is 0 Å². The van der Waals surface area contributed by atoms with Gasteiger partial charge >= 0.3 is 6.09 Å². The minimum absolute atomic E-state index is 0.0834. The summed E-state index contributed by atoms with van der Waals surface area (Å²) < 4.78 is 10.4. The predicted octanol–water partition coefficient (Wildman–Crippen LogP) is 1.24. The first-order valence-corrected chi connectivity index (χ1v) is 4.92.